The van der Waals surface area contributed by atoms with E-state index >= 15 is 4.39 Å². The van der Waals surface area contributed by atoms with Crippen molar-refractivity contribution in [1.82, 2.24) is 9.97 Å². The van der Waals surface area contributed by atoms with E-state index in [1.807, 2.05) is 11.8 Å². The lowest BCUT2D eigenvalue weighted by molar-refractivity contribution is 0.102. The van der Waals surface area contributed by atoms with E-state index < -0.39 is 40.3 Å². The van der Waals surface area contributed by atoms with E-state index in [1.165, 1.54) is 6.20 Å². The maximum atomic E-state index is 15.1. The first kappa shape index (κ1) is 25.2. The van der Waals surface area contributed by atoms with E-state index in [4.69, 9.17) is 16.2 Å². The van der Waals surface area contributed by atoms with Crippen LogP contribution in [0.4, 0.5) is 30.2 Å². The van der Waals surface area contributed by atoms with E-state index in [0.717, 1.165) is 37.6 Å². The highest BCUT2D eigenvalue weighted by atomic mass is 19.1. The summed E-state index contributed by atoms with van der Waals surface area (Å²) in [7, 11) is 0. The number of aromatic nitrogens is 2. The molecule has 1 atom stereocenters. The number of carbonyl (C=O) groups excluding carboxylic acids is 1. The molecule has 0 spiro atoms. The third-order valence-electron chi connectivity index (χ3n) is 5.82. The van der Waals surface area contributed by atoms with Gasteiger partial charge in [0.1, 0.15) is 11.5 Å². The van der Waals surface area contributed by atoms with Gasteiger partial charge in [0.25, 0.3) is 5.91 Å². The summed E-state index contributed by atoms with van der Waals surface area (Å²) < 4.78 is 49.8. The number of halogens is 3. The van der Waals surface area contributed by atoms with Crippen molar-refractivity contribution in [1.29, 1.82) is 0 Å². The molecule has 1 saturated heterocycles. The van der Waals surface area contributed by atoms with Crippen LogP contribution < -0.4 is 26.4 Å². The molecule has 1 aromatic carbocycles. The van der Waals surface area contributed by atoms with Gasteiger partial charge in [0.2, 0.25) is 0 Å². The zero-order chi connectivity index (χ0) is 25.8. The Kier molecular flexibility index (Phi) is 7.58. The Morgan fingerprint density at radius 3 is 2.81 bits per heavy atom. The number of rotatable bonds is 7. The molecule has 4 rings (SSSR count). The van der Waals surface area contributed by atoms with Gasteiger partial charge in [-0.25, -0.2) is 18.2 Å². The molecule has 8 nitrogen and oxygen atoms in total. The minimum atomic E-state index is -1.12. The number of nitrogen functional groups attached to an aromatic ring is 1. The predicted octanol–water partition coefficient (Wildman–Crippen LogP) is 4.11. The fourth-order valence-electron chi connectivity index (χ4n) is 4.10. The van der Waals surface area contributed by atoms with Gasteiger partial charge in [-0.2, -0.15) is 0 Å². The molecule has 11 heteroatoms. The maximum Gasteiger partial charge on any atom is 0.276 e. The lowest BCUT2D eigenvalue weighted by Crippen LogP contribution is -2.43. The van der Waals surface area contributed by atoms with Crippen LogP contribution in [-0.4, -0.2) is 41.6 Å². The average Bonchev–Trinajstić information content (AvgIpc) is 2.85. The lowest BCUT2D eigenvalue weighted by Gasteiger charge is -2.33. The molecule has 0 saturated carbocycles. The monoisotopic (exact) mass is 500 g/mol. The zero-order valence-corrected chi connectivity index (χ0v) is 19.7. The highest BCUT2D eigenvalue weighted by Gasteiger charge is 2.26. The molecule has 0 unspecified atom stereocenters. The van der Waals surface area contributed by atoms with E-state index in [2.05, 4.69) is 15.3 Å². The van der Waals surface area contributed by atoms with Crippen LogP contribution >= 0.6 is 0 Å². The summed E-state index contributed by atoms with van der Waals surface area (Å²) >= 11 is 0. The molecule has 2 aromatic heterocycles. The Bertz CT molecular complexity index is 1270. The first-order valence-corrected chi connectivity index (χ1v) is 11.6. The Morgan fingerprint density at radius 2 is 2.06 bits per heavy atom. The first-order valence-electron chi connectivity index (χ1n) is 11.6. The van der Waals surface area contributed by atoms with Gasteiger partial charge >= 0.3 is 0 Å². The van der Waals surface area contributed by atoms with Crippen LogP contribution in [0.1, 0.15) is 36.7 Å². The molecular weight excluding hydrogens is 473 g/mol. The second-order valence-corrected chi connectivity index (χ2v) is 8.53. The van der Waals surface area contributed by atoms with E-state index in [0.29, 0.717) is 24.3 Å². The molecule has 3 aromatic rings. The normalized spacial score (nSPS) is 15.6. The number of amides is 1. The summed E-state index contributed by atoms with van der Waals surface area (Å²) in [6.45, 7) is 3.35. The molecule has 36 heavy (non-hydrogen) atoms. The van der Waals surface area contributed by atoms with Crippen LogP contribution in [0.5, 0.6) is 5.75 Å². The first-order chi connectivity index (χ1) is 17.3. The molecule has 1 amide bonds. The fraction of sp³-hybridized carbons (Fsp3) is 0.320. The summed E-state index contributed by atoms with van der Waals surface area (Å²) in [4.78, 5) is 23.2. The number of pyridine rings is 2. The number of carbonyl (C=O) groups is 1. The molecule has 1 aliphatic rings. The SMILES string of the molecule is CCCOc1ccc(F)c(-c2nc(C(=O)Nc3cnccc3N3CCC[C@H](N)C3)c(N)cc2F)c1F. The topological polar surface area (TPSA) is 119 Å². The zero-order valence-electron chi connectivity index (χ0n) is 19.7. The molecule has 5 N–H and O–H groups in total. The molecule has 0 aliphatic carbocycles. The second-order valence-electron chi connectivity index (χ2n) is 8.53. The molecular formula is C25H27F3N6O2. The van der Waals surface area contributed by atoms with Crippen LogP contribution in [-0.2, 0) is 0 Å². The highest BCUT2D eigenvalue weighted by Crippen LogP contribution is 2.34. The van der Waals surface area contributed by atoms with Gasteiger partial charge in [0.05, 0.1) is 35.4 Å². The summed E-state index contributed by atoms with van der Waals surface area (Å²) in [5, 5.41) is 2.69. The Morgan fingerprint density at radius 1 is 1.25 bits per heavy atom. The standard InChI is InChI=1S/C25H27F3N6O2/c1-2-10-36-20-6-5-15(26)21(22(20)28)23-16(27)11-17(30)24(33-23)25(35)32-18-12-31-8-7-19(18)34-9-3-4-14(29)13-34/h5-8,11-12,14H,2-4,9-10,13,29-30H2,1H3,(H,32,35)/t14-/m0/s1. The van der Waals surface area contributed by atoms with Crippen molar-refractivity contribution < 1.29 is 22.7 Å². The molecule has 190 valence electrons. The number of ether oxygens (including phenoxy) is 1. The number of anilines is 3. The smallest absolute Gasteiger partial charge is 0.276 e. The summed E-state index contributed by atoms with van der Waals surface area (Å²) in [5.74, 6) is -4.31. The van der Waals surface area contributed by atoms with Crippen LogP contribution in [0, 0.1) is 17.5 Å². The Balaban J connectivity index is 1.69. The van der Waals surface area contributed by atoms with Gasteiger partial charge in [-0.3, -0.25) is 9.78 Å². The van der Waals surface area contributed by atoms with Crippen LogP contribution in [0.2, 0.25) is 0 Å². The Hall–Kier alpha value is -3.86. The summed E-state index contributed by atoms with van der Waals surface area (Å²) in [6.07, 6.45) is 5.43. The van der Waals surface area contributed by atoms with Crippen LogP contribution in [0.3, 0.4) is 0 Å². The fourth-order valence-corrected chi connectivity index (χ4v) is 4.10. The number of hydrogen-bond donors (Lipinski definition) is 3. The third-order valence-corrected chi connectivity index (χ3v) is 5.82. The van der Waals surface area contributed by atoms with Gasteiger partial charge in [-0.1, -0.05) is 6.92 Å². The number of piperidine rings is 1. The molecule has 1 fully saturated rings. The van der Waals surface area contributed by atoms with Crippen LogP contribution in [0.15, 0.2) is 36.7 Å². The number of nitrogens with zero attached hydrogens (tertiary/aromatic N) is 3. The number of nitrogens with one attached hydrogen (secondary N) is 1. The molecule has 3 heterocycles. The maximum absolute atomic E-state index is 15.1. The molecule has 0 radical (unpaired) electrons. The predicted molar refractivity (Wildman–Crippen MR) is 131 cm³/mol. The van der Waals surface area contributed by atoms with E-state index in [-0.39, 0.29) is 24.1 Å². The number of nitrogens with two attached hydrogens (primary N) is 2. The number of hydrogen-bond acceptors (Lipinski definition) is 7. The third kappa shape index (κ3) is 5.20. The quantitative estimate of drug-likeness (QED) is 0.447. The largest absolute Gasteiger partial charge is 0.491 e. The lowest BCUT2D eigenvalue weighted by atomic mass is 10.1. The van der Waals surface area contributed by atoms with Gasteiger partial charge in [-0.15, -0.1) is 0 Å². The number of benzene rings is 1. The summed E-state index contributed by atoms with van der Waals surface area (Å²) in [6, 6.07) is 4.61. The van der Waals surface area contributed by atoms with Gasteiger partial charge in [0.15, 0.2) is 23.1 Å². The van der Waals surface area contributed by atoms with E-state index in [1.54, 1.807) is 12.3 Å². The highest BCUT2D eigenvalue weighted by molar-refractivity contribution is 6.08. The molecule has 1 aliphatic heterocycles. The van der Waals surface area contributed by atoms with Crippen molar-refractivity contribution in [2.45, 2.75) is 32.2 Å². The van der Waals surface area contributed by atoms with Crippen molar-refractivity contribution >= 4 is 23.0 Å². The second kappa shape index (κ2) is 10.8. The Labute approximate surface area is 206 Å². The minimum Gasteiger partial charge on any atom is -0.491 e. The van der Waals surface area contributed by atoms with Crippen LogP contribution in [0.25, 0.3) is 11.3 Å². The van der Waals surface area contributed by atoms with Gasteiger partial charge in [0, 0.05) is 31.4 Å². The van der Waals surface area contributed by atoms with Crippen molar-refractivity contribution in [2.75, 3.05) is 35.6 Å². The van der Waals surface area contributed by atoms with Gasteiger partial charge in [-0.05, 0) is 37.5 Å². The average molecular weight is 501 g/mol. The molecule has 0 bridgehead atoms. The van der Waals surface area contributed by atoms with Crippen molar-refractivity contribution in [3.63, 3.8) is 0 Å². The van der Waals surface area contributed by atoms with Crippen molar-refractivity contribution in [3.8, 4) is 17.0 Å². The minimum absolute atomic E-state index is 0.00528. The van der Waals surface area contributed by atoms with Gasteiger partial charge < -0.3 is 26.4 Å². The van der Waals surface area contributed by atoms with Crippen molar-refractivity contribution in [3.05, 3.63) is 59.8 Å². The summed E-state index contributed by atoms with van der Waals surface area (Å²) in [5.41, 5.74) is 10.9. The van der Waals surface area contributed by atoms with Crippen molar-refractivity contribution in [2.24, 2.45) is 5.73 Å². The van der Waals surface area contributed by atoms with E-state index in [9.17, 15) is 13.6 Å².